The lowest BCUT2D eigenvalue weighted by molar-refractivity contribution is 0.0697. The summed E-state index contributed by atoms with van der Waals surface area (Å²) in [4.78, 5) is 10.9. The maximum atomic E-state index is 10.9. The van der Waals surface area contributed by atoms with Crippen LogP contribution in [0.5, 0.6) is 11.5 Å². The quantitative estimate of drug-likeness (QED) is 0.636. The second kappa shape index (κ2) is 10.1. The first-order chi connectivity index (χ1) is 12.6. The summed E-state index contributed by atoms with van der Waals surface area (Å²) in [5.41, 5.74) is 2.34. The molecular formula is C20H22N2O4. The average molecular weight is 354 g/mol. The summed E-state index contributed by atoms with van der Waals surface area (Å²) in [5, 5.41) is 20.8. The Morgan fingerprint density at radius 1 is 1.12 bits per heavy atom. The largest absolute Gasteiger partial charge is 0.493 e. The molecule has 136 valence electrons. The van der Waals surface area contributed by atoms with Gasteiger partial charge in [0.25, 0.3) is 0 Å². The van der Waals surface area contributed by atoms with E-state index in [2.05, 4.69) is 11.4 Å². The molecule has 0 heterocycles. The van der Waals surface area contributed by atoms with Crippen LogP contribution in [-0.4, -0.2) is 24.8 Å². The van der Waals surface area contributed by atoms with Crippen molar-refractivity contribution in [1.82, 2.24) is 5.32 Å². The molecule has 0 atom stereocenters. The number of hydrogen-bond acceptors (Lipinski definition) is 5. The predicted molar refractivity (Wildman–Crippen MR) is 97.3 cm³/mol. The maximum absolute atomic E-state index is 10.9. The molecule has 0 bridgehead atoms. The Bertz CT molecular complexity index is 766. The van der Waals surface area contributed by atoms with E-state index in [9.17, 15) is 4.79 Å². The van der Waals surface area contributed by atoms with Gasteiger partial charge in [0.2, 0.25) is 0 Å². The molecule has 0 radical (unpaired) electrons. The van der Waals surface area contributed by atoms with Crippen molar-refractivity contribution in [1.29, 1.82) is 5.26 Å². The summed E-state index contributed by atoms with van der Waals surface area (Å²) in [6.07, 6.45) is 1.14. The number of carbonyl (C=O) groups is 1. The summed E-state index contributed by atoms with van der Waals surface area (Å²) >= 11 is 0. The molecule has 6 nitrogen and oxygen atoms in total. The lowest BCUT2D eigenvalue weighted by Crippen LogP contribution is -2.13. The topological polar surface area (TPSA) is 91.6 Å². The van der Waals surface area contributed by atoms with Gasteiger partial charge in [-0.2, -0.15) is 5.26 Å². The number of nitrogens with zero attached hydrogens (tertiary/aromatic N) is 1. The monoisotopic (exact) mass is 354 g/mol. The number of unbranched alkanes of at least 4 members (excludes halogenated alkanes) is 1. The van der Waals surface area contributed by atoms with Crippen molar-refractivity contribution in [2.45, 2.75) is 25.9 Å². The van der Waals surface area contributed by atoms with Crippen LogP contribution in [0.4, 0.5) is 0 Å². The first-order valence-corrected chi connectivity index (χ1v) is 8.33. The Kier molecular flexibility index (Phi) is 7.47. The zero-order chi connectivity index (χ0) is 18.8. The van der Waals surface area contributed by atoms with E-state index in [0.29, 0.717) is 44.0 Å². The molecule has 0 aliphatic carbocycles. The van der Waals surface area contributed by atoms with Gasteiger partial charge in [0, 0.05) is 19.5 Å². The molecule has 0 amide bonds. The van der Waals surface area contributed by atoms with Crippen molar-refractivity contribution in [3.8, 4) is 17.6 Å². The van der Waals surface area contributed by atoms with Crippen molar-refractivity contribution < 1.29 is 19.4 Å². The highest BCUT2D eigenvalue weighted by atomic mass is 16.5. The van der Waals surface area contributed by atoms with Crippen LogP contribution in [0.15, 0.2) is 42.5 Å². The van der Waals surface area contributed by atoms with E-state index >= 15 is 0 Å². The van der Waals surface area contributed by atoms with Crippen LogP contribution in [-0.2, 0) is 13.1 Å². The molecular weight excluding hydrogens is 332 g/mol. The fourth-order valence-electron chi connectivity index (χ4n) is 2.39. The number of carboxylic acids is 1. The summed E-state index contributed by atoms with van der Waals surface area (Å²) < 4.78 is 11.0. The maximum Gasteiger partial charge on any atom is 0.335 e. The first-order valence-electron chi connectivity index (χ1n) is 8.33. The Labute approximate surface area is 153 Å². The van der Waals surface area contributed by atoms with E-state index in [1.165, 1.54) is 0 Å². The Hall–Kier alpha value is -3.04. The van der Waals surface area contributed by atoms with Crippen LogP contribution in [0, 0.1) is 11.3 Å². The van der Waals surface area contributed by atoms with Gasteiger partial charge in [0.15, 0.2) is 11.5 Å². The molecule has 0 spiro atoms. The van der Waals surface area contributed by atoms with Gasteiger partial charge in [-0.05, 0) is 41.8 Å². The minimum atomic E-state index is -0.926. The molecule has 0 aliphatic heterocycles. The molecule has 0 saturated carbocycles. The van der Waals surface area contributed by atoms with Crippen LogP contribution >= 0.6 is 0 Å². The van der Waals surface area contributed by atoms with Gasteiger partial charge in [-0.25, -0.2) is 4.79 Å². The summed E-state index contributed by atoms with van der Waals surface area (Å²) in [5.74, 6) is 0.399. The van der Waals surface area contributed by atoms with Crippen LogP contribution in [0.3, 0.4) is 0 Å². The second-order valence-electron chi connectivity index (χ2n) is 5.70. The smallest absolute Gasteiger partial charge is 0.335 e. The normalized spacial score (nSPS) is 10.2. The second-order valence-corrected chi connectivity index (χ2v) is 5.70. The number of nitriles is 1. The number of rotatable bonds is 10. The van der Waals surface area contributed by atoms with Crippen LogP contribution in [0.1, 0.15) is 34.3 Å². The fourth-order valence-corrected chi connectivity index (χ4v) is 2.39. The molecule has 2 aromatic rings. The van der Waals surface area contributed by atoms with Gasteiger partial charge in [-0.15, -0.1) is 0 Å². The highest BCUT2D eigenvalue weighted by molar-refractivity contribution is 5.87. The number of benzene rings is 2. The third-order valence-electron chi connectivity index (χ3n) is 3.78. The first kappa shape index (κ1) is 19.3. The van der Waals surface area contributed by atoms with E-state index in [-0.39, 0.29) is 5.56 Å². The van der Waals surface area contributed by atoms with Gasteiger partial charge in [0.1, 0.15) is 0 Å². The number of hydrogen-bond donors (Lipinski definition) is 2. The zero-order valence-electron chi connectivity index (χ0n) is 14.7. The van der Waals surface area contributed by atoms with Crippen molar-refractivity contribution >= 4 is 5.97 Å². The Morgan fingerprint density at radius 2 is 1.81 bits per heavy atom. The molecule has 6 heteroatoms. The Morgan fingerprint density at radius 3 is 2.46 bits per heavy atom. The highest BCUT2D eigenvalue weighted by Gasteiger charge is 2.06. The zero-order valence-corrected chi connectivity index (χ0v) is 14.7. The number of carboxylic acid groups (broad SMARTS) is 1. The lowest BCUT2D eigenvalue weighted by Gasteiger charge is -2.12. The molecule has 2 aromatic carbocycles. The lowest BCUT2D eigenvalue weighted by atomic mass is 10.1. The Balaban J connectivity index is 1.90. The van der Waals surface area contributed by atoms with Crippen LogP contribution < -0.4 is 14.8 Å². The SMILES string of the molecule is COc1ccc(CNCc2ccc(C(=O)O)cc2)cc1OCCCC#N. The molecule has 0 unspecified atom stereocenters. The van der Waals surface area contributed by atoms with Crippen molar-refractivity contribution in [3.05, 3.63) is 59.2 Å². The molecule has 0 aromatic heterocycles. The molecule has 2 rings (SSSR count). The number of nitrogens with one attached hydrogen (secondary N) is 1. The minimum Gasteiger partial charge on any atom is -0.493 e. The van der Waals surface area contributed by atoms with E-state index in [1.807, 2.05) is 18.2 Å². The summed E-state index contributed by atoms with van der Waals surface area (Å²) in [7, 11) is 1.59. The fraction of sp³-hybridized carbons (Fsp3) is 0.300. The van der Waals surface area contributed by atoms with Gasteiger partial charge in [-0.3, -0.25) is 0 Å². The number of aromatic carboxylic acids is 1. The highest BCUT2D eigenvalue weighted by Crippen LogP contribution is 2.28. The number of ether oxygens (including phenoxy) is 2. The van der Waals surface area contributed by atoms with E-state index in [4.69, 9.17) is 19.8 Å². The summed E-state index contributed by atoms with van der Waals surface area (Å²) in [6.45, 7) is 1.74. The summed E-state index contributed by atoms with van der Waals surface area (Å²) in [6, 6.07) is 14.6. The molecule has 0 fully saturated rings. The molecule has 26 heavy (non-hydrogen) atoms. The standard InChI is InChI=1S/C20H22N2O4/c1-25-18-9-6-16(12-19(18)26-11-3-2-10-21)14-22-13-15-4-7-17(8-5-15)20(23)24/h4-9,12,22H,2-3,11,13-14H2,1H3,(H,23,24). The van der Waals surface area contributed by atoms with Gasteiger partial charge < -0.3 is 19.9 Å². The van der Waals surface area contributed by atoms with Crippen molar-refractivity contribution in [2.75, 3.05) is 13.7 Å². The third kappa shape index (κ3) is 5.80. The minimum absolute atomic E-state index is 0.280. The predicted octanol–water partition coefficient (Wildman–Crippen LogP) is 3.37. The van der Waals surface area contributed by atoms with Gasteiger partial charge in [0.05, 0.1) is 25.3 Å². The van der Waals surface area contributed by atoms with Crippen LogP contribution in [0.2, 0.25) is 0 Å². The van der Waals surface area contributed by atoms with Crippen molar-refractivity contribution in [3.63, 3.8) is 0 Å². The van der Waals surface area contributed by atoms with Gasteiger partial charge in [-0.1, -0.05) is 18.2 Å². The van der Waals surface area contributed by atoms with E-state index in [0.717, 1.165) is 11.1 Å². The molecule has 0 saturated heterocycles. The molecule has 2 N–H and O–H groups in total. The van der Waals surface area contributed by atoms with E-state index < -0.39 is 5.97 Å². The average Bonchev–Trinajstić information content (AvgIpc) is 2.66. The third-order valence-corrected chi connectivity index (χ3v) is 3.78. The number of methoxy groups -OCH3 is 1. The van der Waals surface area contributed by atoms with Crippen molar-refractivity contribution in [2.24, 2.45) is 0 Å². The van der Waals surface area contributed by atoms with Gasteiger partial charge >= 0.3 is 5.97 Å². The van der Waals surface area contributed by atoms with E-state index in [1.54, 1.807) is 31.4 Å². The van der Waals surface area contributed by atoms with Crippen LogP contribution in [0.25, 0.3) is 0 Å². The molecule has 0 aliphatic rings.